The van der Waals surface area contributed by atoms with Gasteiger partial charge in [-0.15, -0.1) is 0 Å². The van der Waals surface area contributed by atoms with Gasteiger partial charge in [-0.3, -0.25) is 4.90 Å². The largest absolute Gasteiger partial charge is 0.497 e. The molecule has 5 nitrogen and oxygen atoms in total. The van der Waals surface area contributed by atoms with E-state index < -0.39 is 6.10 Å². The zero-order chi connectivity index (χ0) is 20.5. The first kappa shape index (κ1) is 21.9. The average Bonchev–Trinajstić information content (AvgIpc) is 3.15. The van der Waals surface area contributed by atoms with Crippen molar-refractivity contribution in [1.29, 1.82) is 0 Å². The van der Waals surface area contributed by atoms with Gasteiger partial charge in [0.15, 0.2) is 0 Å². The van der Waals surface area contributed by atoms with Crippen LogP contribution in [0.4, 0.5) is 0 Å². The van der Waals surface area contributed by atoms with E-state index in [1.54, 1.807) is 14.2 Å². The zero-order valence-corrected chi connectivity index (χ0v) is 17.9. The summed E-state index contributed by atoms with van der Waals surface area (Å²) >= 11 is 0. The molecule has 29 heavy (non-hydrogen) atoms. The highest BCUT2D eigenvalue weighted by Gasteiger charge is 2.20. The van der Waals surface area contributed by atoms with E-state index in [0.29, 0.717) is 13.2 Å². The van der Waals surface area contributed by atoms with Gasteiger partial charge in [0.25, 0.3) is 0 Å². The van der Waals surface area contributed by atoms with Crippen molar-refractivity contribution in [3.8, 4) is 5.75 Å². The summed E-state index contributed by atoms with van der Waals surface area (Å²) in [6.45, 7) is 3.73. The Hall–Kier alpha value is -1.82. The van der Waals surface area contributed by atoms with Crippen LogP contribution in [0.2, 0.25) is 0 Å². The van der Waals surface area contributed by atoms with Crippen LogP contribution in [0.15, 0.2) is 42.6 Å². The highest BCUT2D eigenvalue weighted by molar-refractivity contribution is 5.29. The third-order valence-corrected chi connectivity index (χ3v) is 5.87. The number of benzene rings is 1. The molecule has 1 atom stereocenters. The molecule has 1 fully saturated rings. The lowest BCUT2D eigenvalue weighted by atomic mass is 9.89. The Morgan fingerprint density at radius 3 is 2.72 bits per heavy atom. The number of aliphatic hydroxyl groups excluding tert-OH is 1. The first-order chi connectivity index (χ1) is 14.2. The van der Waals surface area contributed by atoms with E-state index in [4.69, 9.17) is 9.47 Å². The second-order valence-corrected chi connectivity index (χ2v) is 8.29. The summed E-state index contributed by atoms with van der Waals surface area (Å²) in [4.78, 5) is 2.41. The normalized spacial score (nSPS) is 16.3. The zero-order valence-electron chi connectivity index (χ0n) is 17.9. The fourth-order valence-electron chi connectivity index (χ4n) is 4.43. The number of hydrogen-bond donors (Lipinski definition) is 1. The molecule has 0 spiro atoms. The van der Waals surface area contributed by atoms with Gasteiger partial charge in [-0.25, -0.2) is 0 Å². The van der Waals surface area contributed by atoms with E-state index in [2.05, 4.69) is 39.9 Å². The van der Waals surface area contributed by atoms with E-state index in [-0.39, 0.29) is 0 Å². The van der Waals surface area contributed by atoms with Crippen molar-refractivity contribution in [2.24, 2.45) is 5.92 Å². The first-order valence-corrected chi connectivity index (χ1v) is 10.8. The lowest BCUT2D eigenvalue weighted by molar-refractivity contribution is 0.0297. The highest BCUT2D eigenvalue weighted by Crippen LogP contribution is 2.25. The smallest absolute Gasteiger partial charge is 0.119 e. The predicted octanol–water partition coefficient (Wildman–Crippen LogP) is 3.93. The minimum Gasteiger partial charge on any atom is -0.497 e. The molecule has 160 valence electrons. The van der Waals surface area contributed by atoms with Gasteiger partial charge in [0.2, 0.25) is 0 Å². The van der Waals surface area contributed by atoms with Crippen LogP contribution >= 0.6 is 0 Å². The first-order valence-electron chi connectivity index (χ1n) is 10.8. The standard InChI is InChI=1S/C24H36N2O3/c1-28-19-23(27)18-25(15-20-8-4-3-5-9-20)17-22-11-7-13-26(22)16-21-10-6-12-24(14-21)29-2/h6-7,10-14,20,23,27H,3-5,8-9,15-19H2,1-2H3/t23-/m1/s1. The van der Waals surface area contributed by atoms with Crippen LogP contribution < -0.4 is 4.74 Å². The molecular formula is C24H36N2O3. The van der Waals surface area contributed by atoms with Crippen LogP contribution in [0.1, 0.15) is 43.4 Å². The SMILES string of the molecule is COC[C@H](O)CN(Cc1cccn1Cc1cccc(OC)c1)CC1CCCCC1. The topological polar surface area (TPSA) is 46.9 Å². The molecule has 1 aromatic heterocycles. The Balaban J connectivity index is 1.68. The van der Waals surface area contributed by atoms with Gasteiger partial charge >= 0.3 is 0 Å². The summed E-state index contributed by atoms with van der Waals surface area (Å²) in [5.41, 5.74) is 2.49. The number of aromatic nitrogens is 1. The number of methoxy groups -OCH3 is 2. The number of ether oxygens (including phenoxy) is 2. The van der Waals surface area contributed by atoms with Gasteiger partial charge in [0.05, 0.1) is 19.8 Å². The molecule has 0 saturated heterocycles. The Bertz CT molecular complexity index is 724. The fourth-order valence-corrected chi connectivity index (χ4v) is 4.43. The molecule has 1 aliphatic rings. The van der Waals surface area contributed by atoms with E-state index in [0.717, 1.165) is 31.3 Å². The molecule has 1 aromatic carbocycles. The monoisotopic (exact) mass is 400 g/mol. The summed E-state index contributed by atoms with van der Waals surface area (Å²) in [7, 11) is 3.35. The summed E-state index contributed by atoms with van der Waals surface area (Å²) in [6, 6.07) is 12.5. The summed E-state index contributed by atoms with van der Waals surface area (Å²) in [6.07, 6.45) is 8.34. The molecule has 0 radical (unpaired) electrons. The van der Waals surface area contributed by atoms with Gasteiger partial charge < -0.3 is 19.1 Å². The van der Waals surface area contributed by atoms with Crippen molar-refractivity contribution < 1.29 is 14.6 Å². The number of aliphatic hydroxyl groups is 1. The Labute approximate surface area is 175 Å². The van der Waals surface area contributed by atoms with Crippen LogP contribution in [0.5, 0.6) is 5.75 Å². The maximum absolute atomic E-state index is 10.4. The molecule has 1 aliphatic carbocycles. The number of hydrogen-bond acceptors (Lipinski definition) is 4. The predicted molar refractivity (Wildman–Crippen MR) is 116 cm³/mol. The molecule has 1 N–H and O–H groups in total. The van der Waals surface area contributed by atoms with E-state index in [1.807, 2.05) is 12.1 Å². The van der Waals surface area contributed by atoms with E-state index in [9.17, 15) is 5.11 Å². The highest BCUT2D eigenvalue weighted by atomic mass is 16.5. The molecule has 0 amide bonds. The van der Waals surface area contributed by atoms with E-state index >= 15 is 0 Å². The molecule has 3 rings (SSSR count). The van der Waals surface area contributed by atoms with Crippen molar-refractivity contribution >= 4 is 0 Å². The quantitative estimate of drug-likeness (QED) is 0.621. The third-order valence-electron chi connectivity index (χ3n) is 5.87. The maximum Gasteiger partial charge on any atom is 0.119 e. The third kappa shape index (κ3) is 6.88. The van der Waals surface area contributed by atoms with Gasteiger partial charge in [-0.05, 0) is 48.6 Å². The lowest BCUT2D eigenvalue weighted by Gasteiger charge is -2.31. The molecule has 2 aromatic rings. The molecule has 0 unspecified atom stereocenters. The van der Waals surface area contributed by atoms with Crippen molar-refractivity contribution in [1.82, 2.24) is 9.47 Å². The van der Waals surface area contributed by atoms with Crippen LogP contribution in [-0.4, -0.2) is 54.6 Å². The van der Waals surface area contributed by atoms with Crippen LogP contribution in [0, 0.1) is 5.92 Å². The Morgan fingerprint density at radius 1 is 1.14 bits per heavy atom. The summed E-state index contributed by atoms with van der Waals surface area (Å²) in [5, 5.41) is 10.4. The van der Waals surface area contributed by atoms with Crippen molar-refractivity contribution in [3.05, 3.63) is 53.9 Å². The van der Waals surface area contributed by atoms with Crippen molar-refractivity contribution in [3.63, 3.8) is 0 Å². The molecule has 1 heterocycles. The average molecular weight is 401 g/mol. The van der Waals surface area contributed by atoms with Gasteiger partial charge in [0, 0.05) is 45.2 Å². The second kappa shape index (κ2) is 11.4. The van der Waals surface area contributed by atoms with Gasteiger partial charge in [-0.1, -0.05) is 31.4 Å². The molecule has 0 bridgehead atoms. The van der Waals surface area contributed by atoms with E-state index in [1.165, 1.54) is 43.4 Å². The van der Waals surface area contributed by atoms with Crippen LogP contribution in [-0.2, 0) is 17.8 Å². The molecule has 1 saturated carbocycles. The van der Waals surface area contributed by atoms with Crippen LogP contribution in [0.3, 0.4) is 0 Å². The molecule has 5 heteroatoms. The Kier molecular flexibility index (Phi) is 8.59. The van der Waals surface area contributed by atoms with Gasteiger partial charge in [-0.2, -0.15) is 0 Å². The van der Waals surface area contributed by atoms with Gasteiger partial charge in [0.1, 0.15) is 5.75 Å². The lowest BCUT2D eigenvalue weighted by Crippen LogP contribution is -2.38. The summed E-state index contributed by atoms with van der Waals surface area (Å²) in [5.74, 6) is 1.62. The van der Waals surface area contributed by atoms with Crippen molar-refractivity contribution in [2.75, 3.05) is 33.9 Å². The van der Waals surface area contributed by atoms with Crippen molar-refractivity contribution in [2.45, 2.75) is 51.3 Å². The minimum absolute atomic E-state index is 0.381. The Morgan fingerprint density at radius 2 is 1.97 bits per heavy atom. The number of rotatable bonds is 11. The minimum atomic E-state index is -0.453. The summed E-state index contributed by atoms with van der Waals surface area (Å²) < 4.78 is 12.8. The number of nitrogens with zero attached hydrogens (tertiary/aromatic N) is 2. The van der Waals surface area contributed by atoms with Crippen LogP contribution in [0.25, 0.3) is 0 Å². The second-order valence-electron chi connectivity index (χ2n) is 8.29. The molecule has 0 aliphatic heterocycles. The fraction of sp³-hybridized carbons (Fsp3) is 0.583. The molecular weight excluding hydrogens is 364 g/mol. The maximum atomic E-state index is 10.4.